The van der Waals surface area contributed by atoms with Crippen molar-refractivity contribution in [2.24, 2.45) is 0 Å². The number of benzene rings is 1. The normalized spacial score (nSPS) is 12.0. The topological polar surface area (TPSA) is 74.1 Å². The first-order chi connectivity index (χ1) is 13.5. The van der Waals surface area contributed by atoms with Crippen LogP contribution in [0, 0.1) is 6.92 Å². The summed E-state index contributed by atoms with van der Waals surface area (Å²) in [5.74, 6) is 1.02. The Kier molecular flexibility index (Phi) is 6.16. The van der Waals surface area contributed by atoms with Crippen molar-refractivity contribution in [3.05, 3.63) is 59.5 Å². The van der Waals surface area contributed by atoms with Crippen molar-refractivity contribution >= 4 is 11.6 Å². The van der Waals surface area contributed by atoms with Gasteiger partial charge in [0.15, 0.2) is 11.5 Å². The van der Waals surface area contributed by atoms with Crippen LogP contribution < -0.4 is 14.8 Å². The van der Waals surface area contributed by atoms with Crippen LogP contribution >= 0.6 is 0 Å². The lowest BCUT2D eigenvalue weighted by atomic mass is 10.1. The Balaban J connectivity index is 1.72. The summed E-state index contributed by atoms with van der Waals surface area (Å²) in [7, 11) is 3.21. The van der Waals surface area contributed by atoms with E-state index in [1.165, 1.54) is 0 Å². The van der Waals surface area contributed by atoms with Gasteiger partial charge in [0.2, 0.25) is 0 Å². The highest BCUT2D eigenvalue weighted by Gasteiger charge is 2.16. The number of nitrogens with zero attached hydrogens (tertiary/aromatic N) is 2. The molecule has 148 valence electrons. The zero-order chi connectivity index (χ0) is 20.1. The number of fused-ring (bicyclic) bond motifs is 1. The van der Waals surface area contributed by atoms with E-state index >= 15 is 0 Å². The molecule has 0 bridgehead atoms. The van der Waals surface area contributed by atoms with Crippen molar-refractivity contribution in [1.29, 1.82) is 0 Å². The fraction of sp³-hybridized carbons (Fsp3) is 0.333. The van der Waals surface area contributed by atoms with Gasteiger partial charge in [-0.2, -0.15) is 0 Å². The molecule has 0 saturated heterocycles. The Morgan fingerprint density at radius 3 is 2.75 bits per heavy atom. The van der Waals surface area contributed by atoms with Crippen molar-refractivity contribution in [3.8, 4) is 11.5 Å². The van der Waals surface area contributed by atoms with Gasteiger partial charge in [-0.3, -0.25) is 4.79 Å². The van der Waals surface area contributed by atoms with E-state index in [2.05, 4.69) is 10.3 Å². The van der Waals surface area contributed by atoms with E-state index in [-0.39, 0.29) is 11.9 Å². The van der Waals surface area contributed by atoms with Crippen LogP contribution in [0.4, 0.5) is 0 Å². The number of aryl methyl sites for hydroxylation is 1. The van der Waals surface area contributed by atoms with Gasteiger partial charge in [0.1, 0.15) is 17.9 Å². The number of amides is 1. The Labute approximate surface area is 164 Å². The molecule has 7 nitrogen and oxygen atoms in total. The highest BCUT2D eigenvalue weighted by Crippen LogP contribution is 2.30. The summed E-state index contributed by atoms with van der Waals surface area (Å²) in [6.07, 6.45) is 3.62. The van der Waals surface area contributed by atoms with Crippen molar-refractivity contribution in [1.82, 2.24) is 14.7 Å². The first-order valence-corrected chi connectivity index (χ1v) is 9.07. The van der Waals surface area contributed by atoms with Crippen LogP contribution in [-0.2, 0) is 4.74 Å². The SMILES string of the molecule is COCCOc1ccc(C(C)NC(=O)c2cn3ccc(C)cc3n2)cc1OC. The molecule has 2 aromatic heterocycles. The molecule has 1 aromatic carbocycles. The number of aromatic nitrogens is 2. The first kappa shape index (κ1) is 19.7. The number of imidazole rings is 1. The van der Waals surface area contributed by atoms with E-state index < -0.39 is 0 Å². The van der Waals surface area contributed by atoms with Crippen LogP contribution in [0.15, 0.2) is 42.7 Å². The van der Waals surface area contributed by atoms with Gasteiger partial charge in [0.05, 0.1) is 19.8 Å². The number of hydrogen-bond donors (Lipinski definition) is 1. The Morgan fingerprint density at radius 1 is 1.18 bits per heavy atom. The summed E-state index contributed by atoms with van der Waals surface area (Å²) >= 11 is 0. The Bertz CT molecular complexity index is 967. The van der Waals surface area contributed by atoms with Crippen LogP contribution in [0.3, 0.4) is 0 Å². The van der Waals surface area contributed by atoms with E-state index in [4.69, 9.17) is 14.2 Å². The number of rotatable bonds is 8. The van der Waals surface area contributed by atoms with Crippen molar-refractivity contribution in [2.45, 2.75) is 19.9 Å². The molecule has 3 aromatic rings. The second kappa shape index (κ2) is 8.75. The van der Waals surface area contributed by atoms with E-state index in [1.807, 2.05) is 54.8 Å². The molecule has 0 fully saturated rings. The molecule has 1 atom stereocenters. The summed E-state index contributed by atoms with van der Waals surface area (Å²) in [5, 5.41) is 2.98. The molecule has 28 heavy (non-hydrogen) atoms. The van der Waals surface area contributed by atoms with Crippen LogP contribution in [-0.4, -0.2) is 42.7 Å². The van der Waals surface area contributed by atoms with Gasteiger partial charge in [-0.15, -0.1) is 0 Å². The van der Waals surface area contributed by atoms with E-state index in [0.29, 0.717) is 30.4 Å². The van der Waals surface area contributed by atoms with Gasteiger partial charge in [0, 0.05) is 19.5 Å². The minimum absolute atomic E-state index is 0.221. The third-order valence-corrected chi connectivity index (χ3v) is 4.43. The Morgan fingerprint density at radius 2 is 2.00 bits per heavy atom. The molecule has 0 aliphatic heterocycles. The number of carbonyl (C=O) groups excluding carboxylic acids is 1. The van der Waals surface area contributed by atoms with Crippen LogP contribution in [0.25, 0.3) is 5.65 Å². The Hall–Kier alpha value is -3.06. The number of nitrogens with one attached hydrogen (secondary N) is 1. The lowest BCUT2D eigenvalue weighted by Crippen LogP contribution is -2.27. The number of pyridine rings is 1. The summed E-state index contributed by atoms with van der Waals surface area (Å²) in [5.41, 5.74) is 3.13. The third-order valence-electron chi connectivity index (χ3n) is 4.43. The molecule has 3 rings (SSSR count). The van der Waals surface area contributed by atoms with E-state index in [0.717, 1.165) is 16.8 Å². The predicted octanol–water partition coefficient (Wildman–Crippen LogP) is 3.17. The average Bonchev–Trinajstić information content (AvgIpc) is 3.11. The zero-order valence-electron chi connectivity index (χ0n) is 16.6. The fourth-order valence-electron chi connectivity index (χ4n) is 2.85. The lowest BCUT2D eigenvalue weighted by Gasteiger charge is -2.16. The first-order valence-electron chi connectivity index (χ1n) is 9.07. The highest BCUT2D eigenvalue weighted by atomic mass is 16.5. The van der Waals surface area contributed by atoms with Gasteiger partial charge < -0.3 is 23.9 Å². The summed E-state index contributed by atoms with van der Waals surface area (Å²) in [6, 6.07) is 9.29. The molecule has 7 heteroatoms. The maximum absolute atomic E-state index is 12.6. The maximum atomic E-state index is 12.6. The smallest absolute Gasteiger partial charge is 0.271 e. The minimum atomic E-state index is -0.228. The minimum Gasteiger partial charge on any atom is -0.493 e. The second-order valence-corrected chi connectivity index (χ2v) is 6.54. The molecule has 2 heterocycles. The van der Waals surface area contributed by atoms with Gasteiger partial charge >= 0.3 is 0 Å². The predicted molar refractivity (Wildman–Crippen MR) is 106 cm³/mol. The van der Waals surface area contributed by atoms with Gasteiger partial charge in [0.25, 0.3) is 5.91 Å². The molecule has 0 spiro atoms. The molecular weight excluding hydrogens is 358 g/mol. The second-order valence-electron chi connectivity index (χ2n) is 6.54. The zero-order valence-corrected chi connectivity index (χ0v) is 16.6. The number of methoxy groups -OCH3 is 2. The molecule has 1 N–H and O–H groups in total. The molecule has 1 amide bonds. The number of carbonyl (C=O) groups is 1. The number of hydrogen-bond acceptors (Lipinski definition) is 5. The van der Waals surface area contributed by atoms with Gasteiger partial charge in [-0.05, 0) is 49.2 Å². The molecule has 1 unspecified atom stereocenters. The summed E-state index contributed by atoms with van der Waals surface area (Å²) in [6.45, 7) is 4.84. The van der Waals surface area contributed by atoms with Gasteiger partial charge in [-0.1, -0.05) is 6.07 Å². The largest absolute Gasteiger partial charge is 0.493 e. The fourth-order valence-corrected chi connectivity index (χ4v) is 2.85. The lowest BCUT2D eigenvalue weighted by molar-refractivity contribution is 0.0935. The molecular formula is C21H25N3O4. The highest BCUT2D eigenvalue weighted by molar-refractivity contribution is 5.93. The van der Waals surface area contributed by atoms with Crippen LogP contribution in [0.2, 0.25) is 0 Å². The molecule has 0 aliphatic carbocycles. The summed E-state index contributed by atoms with van der Waals surface area (Å²) in [4.78, 5) is 17.0. The standard InChI is InChI=1S/C21H25N3O4/c1-14-7-8-24-13-17(23-20(24)11-14)21(25)22-15(2)16-5-6-18(19(12-16)27-4)28-10-9-26-3/h5-8,11-13,15H,9-10H2,1-4H3,(H,22,25). The van der Waals surface area contributed by atoms with Crippen molar-refractivity contribution < 1.29 is 19.0 Å². The van der Waals surface area contributed by atoms with Crippen LogP contribution in [0.5, 0.6) is 11.5 Å². The van der Waals surface area contributed by atoms with Crippen molar-refractivity contribution in [2.75, 3.05) is 27.4 Å². The monoisotopic (exact) mass is 383 g/mol. The van der Waals surface area contributed by atoms with Crippen molar-refractivity contribution in [3.63, 3.8) is 0 Å². The van der Waals surface area contributed by atoms with E-state index in [1.54, 1.807) is 20.4 Å². The van der Waals surface area contributed by atoms with Gasteiger partial charge in [-0.25, -0.2) is 4.98 Å². The molecule has 0 aliphatic rings. The van der Waals surface area contributed by atoms with E-state index in [9.17, 15) is 4.79 Å². The molecule has 0 radical (unpaired) electrons. The van der Waals surface area contributed by atoms with Crippen LogP contribution in [0.1, 0.15) is 34.6 Å². The number of ether oxygens (including phenoxy) is 3. The quantitative estimate of drug-likeness (QED) is 0.605. The summed E-state index contributed by atoms with van der Waals surface area (Å²) < 4.78 is 17.9. The maximum Gasteiger partial charge on any atom is 0.271 e. The average molecular weight is 383 g/mol. The third kappa shape index (κ3) is 4.43. The molecule has 0 saturated carbocycles.